The summed E-state index contributed by atoms with van der Waals surface area (Å²) in [4.78, 5) is 12.0. The van der Waals surface area contributed by atoms with Crippen LogP contribution in [0.3, 0.4) is 0 Å². The maximum atomic E-state index is 12.0. The van der Waals surface area contributed by atoms with Gasteiger partial charge in [-0.05, 0) is 31.2 Å². The maximum Gasteiger partial charge on any atom is 0.287 e. The molecule has 1 aliphatic rings. The van der Waals surface area contributed by atoms with Gasteiger partial charge in [-0.2, -0.15) is 11.8 Å². The smallest absolute Gasteiger partial charge is 0.287 e. The van der Waals surface area contributed by atoms with Crippen molar-refractivity contribution in [2.75, 3.05) is 19.4 Å². The third-order valence-corrected chi connectivity index (χ3v) is 4.37. The molecule has 1 fully saturated rings. The predicted octanol–water partition coefficient (Wildman–Crippen LogP) is 2.43. The summed E-state index contributed by atoms with van der Waals surface area (Å²) in [5.74, 6) is 1.76. The second kappa shape index (κ2) is 6.48. The van der Waals surface area contributed by atoms with E-state index in [1.807, 2.05) is 12.3 Å². The van der Waals surface area contributed by atoms with Crippen molar-refractivity contribution in [2.45, 2.75) is 31.4 Å². The number of hydrogen-bond acceptors (Lipinski definition) is 4. The second-order valence-electron chi connectivity index (χ2n) is 5.25. The number of aliphatic hydroxyl groups excluding tert-OH is 1. The molecule has 1 amide bonds. The normalized spacial score (nSPS) is 17.6. The van der Waals surface area contributed by atoms with Gasteiger partial charge in [0.05, 0.1) is 12.4 Å². The summed E-state index contributed by atoms with van der Waals surface area (Å²) in [5.41, 5.74) is -0.121. The molecule has 2 N–H and O–H groups in total. The molecule has 5 heteroatoms. The Morgan fingerprint density at radius 1 is 1.47 bits per heavy atom. The highest BCUT2D eigenvalue weighted by atomic mass is 32.2. The molecular weight excluding hydrogens is 262 g/mol. The fraction of sp³-hybridized carbons (Fsp3) is 0.643. The van der Waals surface area contributed by atoms with Crippen LogP contribution in [0.1, 0.15) is 42.0 Å². The lowest BCUT2D eigenvalue weighted by molar-refractivity contribution is 0.0853. The van der Waals surface area contributed by atoms with E-state index >= 15 is 0 Å². The number of furan rings is 1. The van der Waals surface area contributed by atoms with Gasteiger partial charge in [0.15, 0.2) is 5.76 Å². The topological polar surface area (TPSA) is 62.5 Å². The van der Waals surface area contributed by atoms with E-state index in [2.05, 4.69) is 5.32 Å². The summed E-state index contributed by atoms with van der Waals surface area (Å²) >= 11 is 1.66. The lowest BCUT2D eigenvalue weighted by Crippen LogP contribution is -2.38. The van der Waals surface area contributed by atoms with Crippen LogP contribution in [0, 0.1) is 5.41 Å². The third-order valence-electron chi connectivity index (χ3n) is 3.80. The first-order chi connectivity index (χ1) is 9.19. The number of hydrogen-bond donors (Lipinski definition) is 2. The van der Waals surface area contributed by atoms with Crippen LogP contribution in [-0.4, -0.2) is 30.4 Å². The van der Waals surface area contributed by atoms with Gasteiger partial charge in [-0.1, -0.05) is 12.8 Å². The molecule has 0 aromatic carbocycles. The largest absolute Gasteiger partial charge is 0.455 e. The van der Waals surface area contributed by atoms with Gasteiger partial charge in [-0.15, -0.1) is 0 Å². The second-order valence-corrected chi connectivity index (χ2v) is 6.11. The zero-order valence-corrected chi connectivity index (χ0v) is 12.1. The number of thioether (sulfide) groups is 1. The fourth-order valence-corrected chi connectivity index (χ4v) is 3.03. The number of nitrogens with one attached hydrogen (secondary N) is 1. The van der Waals surface area contributed by atoms with Crippen LogP contribution in [-0.2, 0) is 5.75 Å². The van der Waals surface area contributed by atoms with Crippen LogP contribution >= 0.6 is 11.8 Å². The summed E-state index contributed by atoms with van der Waals surface area (Å²) in [6.07, 6.45) is 6.23. The third kappa shape index (κ3) is 3.54. The van der Waals surface area contributed by atoms with Crippen molar-refractivity contribution < 1.29 is 14.3 Å². The van der Waals surface area contributed by atoms with Crippen LogP contribution in [0.5, 0.6) is 0 Å². The lowest BCUT2D eigenvalue weighted by Gasteiger charge is -2.26. The van der Waals surface area contributed by atoms with Gasteiger partial charge in [-0.25, -0.2) is 0 Å². The minimum atomic E-state index is -0.188. The lowest BCUT2D eigenvalue weighted by atomic mass is 9.87. The Bertz CT molecular complexity index is 424. The predicted molar refractivity (Wildman–Crippen MR) is 76.2 cm³/mol. The molecule has 1 aliphatic carbocycles. The highest BCUT2D eigenvalue weighted by Crippen LogP contribution is 2.36. The molecule has 1 saturated carbocycles. The Labute approximate surface area is 117 Å². The van der Waals surface area contributed by atoms with Crippen LogP contribution < -0.4 is 5.32 Å². The SMILES string of the molecule is CSCc1ccc(C(=O)NCC2(CO)CCCC2)o1. The molecule has 0 unspecified atom stereocenters. The molecule has 1 aromatic heterocycles. The molecule has 0 aliphatic heterocycles. The van der Waals surface area contributed by atoms with E-state index in [0.29, 0.717) is 12.3 Å². The average Bonchev–Trinajstić information content (AvgIpc) is 3.06. The first-order valence-electron chi connectivity index (χ1n) is 6.66. The Balaban J connectivity index is 1.89. The minimum Gasteiger partial charge on any atom is -0.455 e. The van der Waals surface area contributed by atoms with E-state index < -0.39 is 0 Å². The first kappa shape index (κ1) is 14.5. The van der Waals surface area contributed by atoms with E-state index in [0.717, 1.165) is 37.2 Å². The fourth-order valence-electron chi connectivity index (χ4n) is 2.59. The van der Waals surface area contributed by atoms with E-state index in [1.54, 1.807) is 17.8 Å². The number of carbonyl (C=O) groups is 1. The van der Waals surface area contributed by atoms with Crippen molar-refractivity contribution in [3.05, 3.63) is 23.7 Å². The number of aliphatic hydroxyl groups is 1. The van der Waals surface area contributed by atoms with Crippen LogP contribution in [0.25, 0.3) is 0 Å². The average molecular weight is 283 g/mol. The van der Waals surface area contributed by atoms with Crippen molar-refractivity contribution in [3.63, 3.8) is 0 Å². The first-order valence-corrected chi connectivity index (χ1v) is 8.05. The summed E-state index contributed by atoms with van der Waals surface area (Å²) < 4.78 is 5.47. The van der Waals surface area contributed by atoms with E-state index in [-0.39, 0.29) is 17.9 Å². The monoisotopic (exact) mass is 283 g/mol. The van der Waals surface area contributed by atoms with E-state index in [4.69, 9.17) is 4.42 Å². The molecule has 0 atom stereocenters. The molecule has 0 spiro atoms. The van der Waals surface area contributed by atoms with Crippen molar-refractivity contribution in [1.82, 2.24) is 5.32 Å². The molecule has 0 saturated heterocycles. The number of amides is 1. The molecule has 1 heterocycles. The highest BCUT2D eigenvalue weighted by molar-refractivity contribution is 7.97. The number of carbonyl (C=O) groups excluding carboxylic acids is 1. The molecule has 106 valence electrons. The molecule has 19 heavy (non-hydrogen) atoms. The van der Waals surface area contributed by atoms with Crippen LogP contribution in [0.4, 0.5) is 0 Å². The van der Waals surface area contributed by atoms with Crippen molar-refractivity contribution in [1.29, 1.82) is 0 Å². The molecular formula is C14H21NO3S. The Morgan fingerprint density at radius 3 is 2.84 bits per heavy atom. The molecule has 4 nitrogen and oxygen atoms in total. The van der Waals surface area contributed by atoms with Crippen LogP contribution in [0.15, 0.2) is 16.5 Å². The molecule has 1 aromatic rings. The molecule has 0 bridgehead atoms. The summed E-state index contributed by atoms with van der Waals surface area (Å²) in [7, 11) is 0. The van der Waals surface area contributed by atoms with Gasteiger partial charge in [0.1, 0.15) is 5.76 Å². The van der Waals surface area contributed by atoms with Crippen molar-refractivity contribution >= 4 is 17.7 Å². The van der Waals surface area contributed by atoms with Crippen molar-refractivity contribution in [2.24, 2.45) is 5.41 Å². The van der Waals surface area contributed by atoms with Gasteiger partial charge in [0, 0.05) is 12.0 Å². The Hall–Kier alpha value is -0.940. The zero-order valence-electron chi connectivity index (χ0n) is 11.3. The Morgan fingerprint density at radius 2 is 2.21 bits per heavy atom. The Kier molecular flexibility index (Phi) is 4.93. The van der Waals surface area contributed by atoms with Gasteiger partial charge in [-0.3, -0.25) is 4.79 Å². The molecule has 0 radical (unpaired) electrons. The summed E-state index contributed by atoms with van der Waals surface area (Å²) in [6, 6.07) is 3.55. The quantitative estimate of drug-likeness (QED) is 0.841. The van der Waals surface area contributed by atoms with Crippen LogP contribution in [0.2, 0.25) is 0 Å². The van der Waals surface area contributed by atoms with E-state index in [9.17, 15) is 9.90 Å². The number of rotatable bonds is 6. The standard InChI is InChI=1S/C14H21NO3S/c1-19-8-11-4-5-12(18-11)13(17)15-9-14(10-16)6-2-3-7-14/h4-5,16H,2-3,6-10H2,1H3,(H,15,17). The van der Waals surface area contributed by atoms with Gasteiger partial charge in [0.2, 0.25) is 0 Å². The summed E-state index contributed by atoms with van der Waals surface area (Å²) in [5, 5.41) is 12.4. The van der Waals surface area contributed by atoms with E-state index in [1.165, 1.54) is 0 Å². The highest BCUT2D eigenvalue weighted by Gasteiger charge is 2.33. The van der Waals surface area contributed by atoms with Crippen molar-refractivity contribution in [3.8, 4) is 0 Å². The van der Waals surface area contributed by atoms with Gasteiger partial charge in [0.25, 0.3) is 5.91 Å². The minimum absolute atomic E-state index is 0.121. The molecule has 2 rings (SSSR count). The maximum absolute atomic E-state index is 12.0. The van der Waals surface area contributed by atoms with Gasteiger partial charge < -0.3 is 14.8 Å². The zero-order chi connectivity index (χ0) is 13.7. The van der Waals surface area contributed by atoms with Gasteiger partial charge >= 0.3 is 0 Å². The summed E-state index contributed by atoms with van der Waals surface area (Å²) in [6.45, 7) is 0.671.